The van der Waals surface area contributed by atoms with Gasteiger partial charge >= 0.3 is 20.5 Å². The minimum atomic E-state index is -3.91. The van der Waals surface area contributed by atoms with Crippen molar-refractivity contribution in [1.29, 1.82) is 0 Å². The van der Waals surface area contributed by atoms with Gasteiger partial charge in [0.1, 0.15) is 0 Å². The van der Waals surface area contributed by atoms with Crippen LogP contribution in [0.3, 0.4) is 0 Å². The number of halogens is 4. The highest BCUT2D eigenvalue weighted by Gasteiger charge is 2.49. The smallest absolute Gasteiger partial charge is 0.396 e. The largest absolute Gasteiger partial charge is 0.709 e. The number of rotatable bonds is 10. The van der Waals surface area contributed by atoms with Gasteiger partial charge in [0.2, 0.25) is 0 Å². The van der Waals surface area contributed by atoms with Crippen molar-refractivity contribution in [2.24, 2.45) is 0 Å². The maximum Gasteiger partial charge on any atom is 0.709 e. The molecule has 0 amide bonds. The van der Waals surface area contributed by atoms with Gasteiger partial charge < -0.3 is 10.2 Å². The van der Waals surface area contributed by atoms with Gasteiger partial charge in [-0.05, 0) is 21.9 Å². The molecule has 0 aromatic rings. The monoisotopic (exact) mass is 297 g/mol. The van der Waals surface area contributed by atoms with Crippen molar-refractivity contribution in [2.45, 2.75) is 37.9 Å². The summed E-state index contributed by atoms with van der Waals surface area (Å²) in [5.41, 5.74) is 0. The number of alkyl halides is 4. The third kappa shape index (κ3) is 8.71. The highest BCUT2D eigenvalue weighted by Crippen LogP contribution is 2.41. The Labute approximate surface area is 102 Å². The fraction of sp³-hybridized carbons (Fsp3) is 1.00. The Morgan fingerprint density at radius 3 is 1.50 bits per heavy atom. The Morgan fingerprint density at radius 2 is 1.22 bits per heavy atom. The molecule has 0 heterocycles. The average molecular weight is 297 g/mol. The molecule has 0 radical (unpaired) electrons. The fourth-order valence-electron chi connectivity index (χ4n) is 0.898. The summed E-state index contributed by atoms with van der Waals surface area (Å²) < 4.78 is 69.2. The first-order valence-electron chi connectivity index (χ1n) is 5.05. The van der Waals surface area contributed by atoms with Gasteiger partial charge in [0.15, 0.2) is 0 Å². The van der Waals surface area contributed by atoms with E-state index in [0.717, 1.165) is 0 Å². The van der Waals surface area contributed by atoms with E-state index in [0.29, 0.717) is 0 Å². The van der Waals surface area contributed by atoms with Crippen molar-refractivity contribution < 1.29 is 41.4 Å². The molecule has 0 aromatic heterocycles. The highest BCUT2D eigenvalue weighted by atomic mass is 31.1. The fourth-order valence-corrected chi connectivity index (χ4v) is 1.55. The van der Waals surface area contributed by atoms with Gasteiger partial charge in [0.25, 0.3) is 0 Å². The zero-order chi connectivity index (χ0) is 14.2. The molecule has 0 aliphatic rings. The van der Waals surface area contributed by atoms with Gasteiger partial charge in [-0.2, -0.15) is 17.6 Å². The molecule has 10 heteroatoms. The number of hydrogen-bond acceptors (Lipinski definition) is 5. The van der Waals surface area contributed by atoms with Crippen LogP contribution in [0, 0.1) is 0 Å². The van der Waals surface area contributed by atoms with Crippen LogP contribution in [-0.4, -0.2) is 35.6 Å². The van der Waals surface area contributed by atoms with Gasteiger partial charge in [0, 0.05) is 30.6 Å². The molecule has 18 heavy (non-hydrogen) atoms. The van der Waals surface area contributed by atoms with E-state index in [4.69, 9.17) is 10.2 Å². The quantitative estimate of drug-likeness (QED) is 0.478. The van der Waals surface area contributed by atoms with E-state index in [1.807, 2.05) is 0 Å². The van der Waals surface area contributed by atoms with Gasteiger partial charge in [-0.15, -0.1) is 0 Å². The minimum absolute atomic E-state index is 0.336. The Bertz CT molecular complexity index is 240. The maximum atomic E-state index is 12.8. The zero-order valence-corrected chi connectivity index (χ0v) is 10.2. The van der Waals surface area contributed by atoms with Gasteiger partial charge in [-0.25, -0.2) is 0 Å². The second-order valence-corrected chi connectivity index (χ2v) is 4.15. The topological polar surface area (TPSA) is 76.0 Å². The van der Waals surface area contributed by atoms with E-state index in [2.05, 4.69) is 9.05 Å². The average Bonchev–Trinajstić information content (AvgIpc) is 2.22. The SMILES string of the molecule is O=[P+](OC(F)(F)CCCO)OC(F)(F)CCCO. The summed E-state index contributed by atoms with van der Waals surface area (Å²) in [5.74, 6) is 0. The number of aliphatic hydroxyl groups excluding tert-OH is 2. The second-order valence-electron chi connectivity index (χ2n) is 3.34. The lowest BCUT2D eigenvalue weighted by atomic mass is 10.3. The first-order valence-corrected chi connectivity index (χ1v) is 6.15. The maximum absolute atomic E-state index is 12.8. The van der Waals surface area contributed by atoms with E-state index < -0.39 is 46.5 Å². The molecule has 0 fully saturated rings. The summed E-state index contributed by atoms with van der Waals surface area (Å²) in [7, 11) is -3.70. The predicted octanol–water partition coefficient (Wildman–Crippen LogP) is 2.41. The van der Waals surface area contributed by atoms with Gasteiger partial charge in [0.05, 0.1) is 0 Å². The summed E-state index contributed by atoms with van der Waals surface area (Å²) in [6, 6.07) is 0. The molecule has 0 unspecified atom stereocenters. The first kappa shape index (κ1) is 17.7. The third-order valence-electron chi connectivity index (χ3n) is 1.67. The Morgan fingerprint density at radius 1 is 0.889 bits per heavy atom. The standard InChI is InChI=1S/C8H14F4O5P/c9-7(10,3-1-5-13)16-18(15)17-8(11,12)4-2-6-14/h13-14H,1-6H2/q+1. The molecule has 0 aromatic carbocycles. The van der Waals surface area contributed by atoms with Crippen LogP contribution in [0.5, 0.6) is 0 Å². The zero-order valence-electron chi connectivity index (χ0n) is 9.32. The molecule has 2 N–H and O–H groups in total. The molecule has 0 bridgehead atoms. The summed E-state index contributed by atoms with van der Waals surface area (Å²) in [5, 5.41) is 16.6. The summed E-state index contributed by atoms with van der Waals surface area (Å²) >= 11 is 0. The normalized spacial score (nSPS) is 12.8. The van der Waals surface area contributed by atoms with E-state index in [-0.39, 0.29) is 12.8 Å². The van der Waals surface area contributed by atoms with E-state index in [1.165, 1.54) is 0 Å². The number of hydrogen-bond donors (Lipinski definition) is 2. The van der Waals surface area contributed by atoms with Gasteiger partial charge in [-0.3, -0.25) is 0 Å². The van der Waals surface area contributed by atoms with E-state index in [1.54, 1.807) is 0 Å². The Balaban J connectivity index is 4.16. The molecule has 0 aliphatic carbocycles. The minimum Gasteiger partial charge on any atom is -0.396 e. The molecule has 108 valence electrons. The second kappa shape index (κ2) is 7.96. The Hall–Kier alpha value is -0.340. The van der Waals surface area contributed by atoms with Crippen LogP contribution in [0.2, 0.25) is 0 Å². The predicted molar refractivity (Wildman–Crippen MR) is 52.3 cm³/mol. The Kier molecular flexibility index (Phi) is 7.81. The van der Waals surface area contributed by atoms with Crippen LogP contribution in [0.25, 0.3) is 0 Å². The molecule has 5 nitrogen and oxygen atoms in total. The van der Waals surface area contributed by atoms with Crippen molar-refractivity contribution in [2.75, 3.05) is 13.2 Å². The summed E-state index contributed by atoms with van der Waals surface area (Å²) in [6.07, 6.45) is -10.4. The third-order valence-corrected chi connectivity index (χ3v) is 2.50. The molecular weight excluding hydrogens is 283 g/mol. The van der Waals surface area contributed by atoms with Crippen molar-refractivity contribution in [1.82, 2.24) is 0 Å². The lowest BCUT2D eigenvalue weighted by Crippen LogP contribution is -2.22. The summed E-state index contributed by atoms with van der Waals surface area (Å²) in [6.45, 7) is -1.08. The first-order chi connectivity index (χ1) is 8.22. The van der Waals surface area contributed by atoms with Crippen LogP contribution in [0.15, 0.2) is 0 Å². The number of aliphatic hydroxyl groups is 2. The van der Waals surface area contributed by atoms with Crippen LogP contribution < -0.4 is 0 Å². The molecule has 0 atom stereocenters. The van der Waals surface area contributed by atoms with Crippen LogP contribution in [-0.2, 0) is 13.6 Å². The highest BCUT2D eigenvalue weighted by molar-refractivity contribution is 7.33. The molecular formula is C8H14F4O5P+. The molecule has 0 saturated heterocycles. The van der Waals surface area contributed by atoms with Crippen LogP contribution in [0.1, 0.15) is 25.7 Å². The van der Waals surface area contributed by atoms with Crippen LogP contribution >= 0.6 is 8.25 Å². The molecule has 0 spiro atoms. The lowest BCUT2D eigenvalue weighted by Gasteiger charge is -2.10. The van der Waals surface area contributed by atoms with E-state index >= 15 is 0 Å². The van der Waals surface area contributed by atoms with Crippen molar-refractivity contribution in [3.63, 3.8) is 0 Å². The van der Waals surface area contributed by atoms with Crippen LogP contribution in [0.4, 0.5) is 17.6 Å². The van der Waals surface area contributed by atoms with Crippen molar-refractivity contribution in [3.05, 3.63) is 0 Å². The van der Waals surface area contributed by atoms with E-state index in [9.17, 15) is 22.1 Å². The van der Waals surface area contributed by atoms with Crippen molar-refractivity contribution >= 4 is 8.25 Å². The van der Waals surface area contributed by atoms with Gasteiger partial charge in [-0.1, -0.05) is 0 Å². The van der Waals surface area contributed by atoms with Crippen molar-refractivity contribution in [3.8, 4) is 0 Å². The molecule has 0 aliphatic heterocycles. The molecule has 0 rings (SSSR count). The summed E-state index contributed by atoms with van der Waals surface area (Å²) in [4.78, 5) is 0. The lowest BCUT2D eigenvalue weighted by molar-refractivity contribution is -0.215. The molecule has 0 saturated carbocycles.